The molecule has 2 heterocycles. The summed E-state index contributed by atoms with van der Waals surface area (Å²) in [5.41, 5.74) is 1.12. The number of nitrogens with zero attached hydrogens (tertiary/aromatic N) is 2. The molecule has 0 aromatic carbocycles. The summed E-state index contributed by atoms with van der Waals surface area (Å²) in [5.74, 6) is -3.92. The van der Waals surface area contributed by atoms with Gasteiger partial charge in [-0.3, -0.25) is 9.59 Å². The van der Waals surface area contributed by atoms with Crippen molar-refractivity contribution in [1.29, 1.82) is 0 Å². The van der Waals surface area contributed by atoms with E-state index in [0.717, 1.165) is 0 Å². The van der Waals surface area contributed by atoms with Crippen LogP contribution in [0.15, 0.2) is 36.4 Å². The molecular weight excluding hydrogens is 434 g/mol. The van der Waals surface area contributed by atoms with Crippen LogP contribution in [0.1, 0.15) is 52.9 Å². The quantitative estimate of drug-likeness (QED) is 0.525. The van der Waals surface area contributed by atoms with Crippen LogP contribution >= 0.6 is 0 Å². The number of alkyl halides is 2. The molecule has 0 aliphatic heterocycles. The number of aryl methyl sites for hydroxylation is 1. The third-order valence-corrected chi connectivity index (χ3v) is 4.44. The topological polar surface area (TPSA) is 102 Å². The summed E-state index contributed by atoms with van der Waals surface area (Å²) in [7, 11) is 1.37. The molecule has 2 N–H and O–H groups in total. The van der Waals surface area contributed by atoms with Crippen LogP contribution in [0.25, 0.3) is 0 Å². The van der Waals surface area contributed by atoms with Crippen LogP contribution in [-0.4, -0.2) is 47.5 Å². The molecule has 8 nitrogen and oxygen atoms in total. The molecule has 0 radical (unpaired) electrons. The Balaban J connectivity index is 2.10. The van der Waals surface area contributed by atoms with Gasteiger partial charge in [0.1, 0.15) is 5.69 Å². The first-order valence-electron chi connectivity index (χ1n) is 10.2. The van der Waals surface area contributed by atoms with E-state index in [9.17, 15) is 18.4 Å². The number of carbonyl (C=O) groups excluding carboxylic acids is 2. The van der Waals surface area contributed by atoms with Gasteiger partial charge in [0.25, 0.3) is 11.8 Å². The minimum atomic E-state index is -3.19. The number of halogens is 2. The largest absolute Gasteiger partial charge is 0.481 e. The second-order valence-electron chi connectivity index (χ2n) is 7.78. The van der Waals surface area contributed by atoms with Crippen molar-refractivity contribution in [3.8, 4) is 11.8 Å². The van der Waals surface area contributed by atoms with Crippen molar-refractivity contribution in [1.82, 2.24) is 20.6 Å². The Kier molecular flexibility index (Phi) is 8.44. The van der Waals surface area contributed by atoms with Gasteiger partial charge < -0.3 is 20.1 Å². The minimum absolute atomic E-state index is 0.0477. The Labute approximate surface area is 191 Å². The normalized spacial score (nSPS) is 11.2. The highest BCUT2D eigenvalue weighted by atomic mass is 19.3. The van der Waals surface area contributed by atoms with Gasteiger partial charge in [0.05, 0.1) is 7.11 Å². The molecule has 2 amide bonds. The van der Waals surface area contributed by atoms with Crippen molar-refractivity contribution in [3.05, 3.63) is 58.9 Å². The number of methoxy groups -OCH3 is 1. The Morgan fingerprint density at radius 1 is 1.18 bits per heavy atom. The van der Waals surface area contributed by atoms with Gasteiger partial charge in [0.2, 0.25) is 11.8 Å². The standard InChI is InChI=1S/C23H28F2N4O4/c1-13(2)23(24,25)12-33-19-8-7-16(22(29-19)32-6)11-26-20(30)17-9-15(5)28-18(10-17)21(31)27-14(3)4/h7-10,14H,1,11-12H2,2-6H3,(H,26,30)(H,27,31). The van der Waals surface area contributed by atoms with Crippen LogP contribution in [0.4, 0.5) is 8.78 Å². The molecule has 0 aliphatic carbocycles. The maximum absolute atomic E-state index is 13.7. The molecule has 178 valence electrons. The molecule has 0 atom stereocenters. The van der Waals surface area contributed by atoms with E-state index >= 15 is 0 Å². The number of pyridine rings is 2. The number of rotatable bonds is 10. The van der Waals surface area contributed by atoms with Crippen molar-refractivity contribution in [3.63, 3.8) is 0 Å². The maximum Gasteiger partial charge on any atom is 0.302 e. The molecule has 2 rings (SSSR count). The second kappa shape index (κ2) is 10.8. The van der Waals surface area contributed by atoms with Gasteiger partial charge in [0.15, 0.2) is 6.61 Å². The summed E-state index contributed by atoms with van der Waals surface area (Å²) in [6, 6.07) is 5.86. The van der Waals surface area contributed by atoms with Gasteiger partial charge >= 0.3 is 5.92 Å². The van der Waals surface area contributed by atoms with Crippen LogP contribution in [0.2, 0.25) is 0 Å². The van der Waals surface area contributed by atoms with Gasteiger partial charge in [-0.2, -0.15) is 13.8 Å². The first kappa shape index (κ1) is 25.7. The van der Waals surface area contributed by atoms with Crippen molar-refractivity contribution in [2.24, 2.45) is 0 Å². The molecule has 2 aromatic rings. The van der Waals surface area contributed by atoms with Crippen LogP contribution in [0.3, 0.4) is 0 Å². The fraction of sp³-hybridized carbons (Fsp3) is 0.391. The lowest BCUT2D eigenvalue weighted by Crippen LogP contribution is -2.31. The molecule has 10 heteroatoms. The molecule has 0 fully saturated rings. The SMILES string of the molecule is C=C(C)C(F)(F)COc1ccc(CNC(=O)c2cc(C)nc(C(=O)NC(C)C)c2)c(OC)n1. The number of ether oxygens (including phenoxy) is 2. The van der Waals surface area contributed by atoms with E-state index in [4.69, 9.17) is 9.47 Å². The van der Waals surface area contributed by atoms with Crippen molar-refractivity contribution < 1.29 is 27.8 Å². The van der Waals surface area contributed by atoms with Gasteiger partial charge in [0, 0.05) is 35.5 Å². The molecule has 0 aliphatic rings. The fourth-order valence-electron chi connectivity index (χ4n) is 2.66. The third kappa shape index (κ3) is 7.23. The number of nitrogens with one attached hydrogen (secondary N) is 2. The van der Waals surface area contributed by atoms with E-state index in [2.05, 4.69) is 27.2 Å². The number of amides is 2. The number of aromatic nitrogens is 2. The van der Waals surface area contributed by atoms with Gasteiger partial charge in [-0.15, -0.1) is 0 Å². The predicted octanol–water partition coefficient (Wildman–Crippen LogP) is 3.45. The Bertz CT molecular complexity index is 1040. The summed E-state index contributed by atoms with van der Waals surface area (Å²) in [6.07, 6.45) is 0. The predicted molar refractivity (Wildman–Crippen MR) is 119 cm³/mol. The number of hydrogen-bond acceptors (Lipinski definition) is 6. The zero-order chi connectivity index (χ0) is 24.8. The van der Waals surface area contributed by atoms with Crippen LogP contribution in [0, 0.1) is 6.92 Å². The molecule has 0 saturated carbocycles. The average Bonchev–Trinajstić information content (AvgIpc) is 2.75. The fourth-order valence-corrected chi connectivity index (χ4v) is 2.66. The summed E-state index contributed by atoms with van der Waals surface area (Å²) in [4.78, 5) is 33.1. The second-order valence-corrected chi connectivity index (χ2v) is 7.78. The van der Waals surface area contributed by atoms with E-state index in [-0.39, 0.29) is 47.1 Å². The number of hydrogen-bond donors (Lipinski definition) is 2. The first-order valence-corrected chi connectivity index (χ1v) is 10.2. The Morgan fingerprint density at radius 2 is 1.88 bits per heavy atom. The Morgan fingerprint density at radius 3 is 2.48 bits per heavy atom. The van der Waals surface area contributed by atoms with Gasteiger partial charge in [-0.05, 0) is 51.5 Å². The molecule has 0 spiro atoms. The van der Waals surface area contributed by atoms with E-state index in [1.165, 1.54) is 26.2 Å². The zero-order valence-corrected chi connectivity index (χ0v) is 19.3. The highest BCUT2D eigenvalue weighted by Crippen LogP contribution is 2.25. The van der Waals surface area contributed by atoms with Crippen LogP contribution < -0.4 is 20.1 Å². The van der Waals surface area contributed by atoms with E-state index in [0.29, 0.717) is 11.3 Å². The maximum atomic E-state index is 13.7. The molecule has 33 heavy (non-hydrogen) atoms. The highest BCUT2D eigenvalue weighted by Gasteiger charge is 2.31. The van der Waals surface area contributed by atoms with E-state index in [1.54, 1.807) is 19.1 Å². The summed E-state index contributed by atoms with van der Waals surface area (Å²) in [5, 5.41) is 5.46. The molecule has 0 unspecified atom stereocenters. The van der Waals surface area contributed by atoms with Crippen LogP contribution in [-0.2, 0) is 6.54 Å². The molecule has 0 saturated heterocycles. The molecule has 0 bridgehead atoms. The minimum Gasteiger partial charge on any atom is -0.481 e. The monoisotopic (exact) mass is 462 g/mol. The lowest BCUT2D eigenvalue weighted by molar-refractivity contribution is -0.00711. The summed E-state index contributed by atoms with van der Waals surface area (Å²) >= 11 is 0. The van der Waals surface area contributed by atoms with Crippen molar-refractivity contribution >= 4 is 11.8 Å². The van der Waals surface area contributed by atoms with Crippen LogP contribution in [0.5, 0.6) is 11.8 Å². The highest BCUT2D eigenvalue weighted by molar-refractivity contribution is 5.98. The van der Waals surface area contributed by atoms with Crippen molar-refractivity contribution in [2.75, 3.05) is 13.7 Å². The number of carbonyl (C=O) groups is 2. The van der Waals surface area contributed by atoms with E-state index < -0.39 is 18.4 Å². The summed E-state index contributed by atoms with van der Waals surface area (Å²) < 4.78 is 37.6. The smallest absolute Gasteiger partial charge is 0.302 e. The van der Waals surface area contributed by atoms with Crippen molar-refractivity contribution in [2.45, 2.75) is 46.2 Å². The zero-order valence-electron chi connectivity index (χ0n) is 19.3. The average molecular weight is 462 g/mol. The Hall–Kier alpha value is -3.56. The lowest BCUT2D eigenvalue weighted by Gasteiger charge is -2.17. The molecular formula is C23H28F2N4O4. The summed E-state index contributed by atoms with van der Waals surface area (Å²) in [6.45, 7) is 8.94. The lowest BCUT2D eigenvalue weighted by atomic mass is 10.1. The molecule has 2 aromatic heterocycles. The van der Waals surface area contributed by atoms with Gasteiger partial charge in [-0.1, -0.05) is 6.58 Å². The van der Waals surface area contributed by atoms with E-state index in [1.807, 2.05) is 13.8 Å². The van der Waals surface area contributed by atoms with Gasteiger partial charge in [-0.25, -0.2) is 4.98 Å². The third-order valence-electron chi connectivity index (χ3n) is 4.44. The first-order chi connectivity index (χ1) is 15.4.